The van der Waals surface area contributed by atoms with Gasteiger partial charge in [0.25, 0.3) is 0 Å². The Morgan fingerprint density at radius 2 is 1.70 bits per heavy atom. The Morgan fingerprint density at radius 1 is 0.950 bits per heavy atom. The summed E-state index contributed by atoms with van der Waals surface area (Å²) in [6.45, 7) is 0. The van der Waals surface area contributed by atoms with Crippen LogP contribution >= 0.6 is 11.3 Å². The lowest BCUT2D eigenvalue weighted by Gasteiger charge is -2.19. The molecular weight excluding hydrogens is 546 g/mol. The van der Waals surface area contributed by atoms with E-state index in [2.05, 4.69) is 15.6 Å². The first kappa shape index (κ1) is 27.6. The Bertz CT molecular complexity index is 1550. The van der Waals surface area contributed by atoms with Crippen molar-refractivity contribution in [3.8, 4) is 11.5 Å². The van der Waals surface area contributed by atoms with Crippen molar-refractivity contribution in [3.05, 3.63) is 77.6 Å². The molecule has 1 aromatic heterocycles. The average molecular weight is 572 g/mol. The van der Waals surface area contributed by atoms with Gasteiger partial charge in [0.1, 0.15) is 17.3 Å². The topological polar surface area (TPSA) is 80.3 Å². The number of ether oxygens (including phenoxy) is 1. The monoisotopic (exact) mass is 571 g/mol. The molecule has 0 aliphatic heterocycles. The van der Waals surface area contributed by atoms with Gasteiger partial charge < -0.3 is 15.4 Å². The molecule has 4 aromatic rings. The van der Waals surface area contributed by atoms with E-state index in [1.165, 1.54) is 35.6 Å². The van der Waals surface area contributed by atoms with E-state index in [0.717, 1.165) is 55.0 Å². The van der Waals surface area contributed by atoms with Crippen LogP contribution in [0, 0.1) is 11.7 Å². The number of aromatic nitrogens is 1. The van der Waals surface area contributed by atoms with Gasteiger partial charge in [-0.15, -0.1) is 0 Å². The van der Waals surface area contributed by atoms with Crippen molar-refractivity contribution in [2.75, 3.05) is 10.6 Å². The number of amides is 2. The lowest BCUT2D eigenvalue weighted by molar-refractivity contribution is -0.137. The van der Waals surface area contributed by atoms with Gasteiger partial charge in [-0.1, -0.05) is 48.8 Å². The highest BCUT2D eigenvalue weighted by Crippen LogP contribution is 2.34. The molecule has 0 bridgehead atoms. The molecule has 1 heterocycles. The van der Waals surface area contributed by atoms with Crippen molar-refractivity contribution in [1.29, 1.82) is 0 Å². The first-order valence-corrected chi connectivity index (χ1v) is 13.6. The van der Waals surface area contributed by atoms with Crippen LogP contribution in [0.4, 0.5) is 28.4 Å². The number of fused-ring (bicyclic) bond motifs is 1. The predicted molar refractivity (Wildman–Crippen MR) is 145 cm³/mol. The summed E-state index contributed by atoms with van der Waals surface area (Å²) in [5, 5.41) is 5.83. The van der Waals surface area contributed by atoms with E-state index >= 15 is 0 Å². The minimum atomic E-state index is -4.53. The van der Waals surface area contributed by atoms with E-state index in [4.69, 9.17) is 4.74 Å². The lowest BCUT2D eigenvalue weighted by Crippen LogP contribution is -2.24. The molecule has 2 amide bonds. The standard InChI is InChI=1S/C29H25F4N3O3S/c30-22-11-9-20(15-24(22)34-26(37)14-17-5-4-8-19(13-17)29(31,32)33)39-21-10-12-23-25(16-21)40-28(35-23)36-27(38)18-6-2-1-3-7-18/h4-5,8-13,15-16,18H,1-3,6-7,14H2,(H,34,37)(H,35,36,38). The number of benzene rings is 3. The fourth-order valence-electron chi connectivity index (χ4n) is 4.63. The number of hydrogen-bond donors (Lipinski definition) is 2. The summed E-state index contributed by atoms with van der Waals surface area (Å²) in [7, 11) is 0. The van der Waals surface area contributed by atoms with E-state index in [1.807, 2.05) is 0 Å². The van der Waals surface area contributed by atoms with Crippen molar-refractivity contribution in [2.24, 2.45) is 5.92 Å². The van der Waals surface area contributed by atoms with Gasteiger partial charge in [-0.25, -0.2) is 9.37 Å². The van der Waals surface area contributed by atoms with Gasteiger partial charge in [0.2, 0.25) is 11.8 Å². The highest BCUT2D eigenvalue weighted by atomic mass is 32.1. The fraction of sp³-hybridized carbons (Fsp3) is 0.276. The Kier molecular flexibility index (Phi) is 8.02. The smallest absolute Gasteiger partial charge is 0.416 e. The molecule has 5 rings (SSSR count). The minimum Gasteiger partial charge on any atom is -0.457 e. The maximum atomic E-state index is 14.4. The van der Waals surface area contributed by atoms with Crippen molar-refractivity contribution in [3.63, 3.8) is 0 Å². The molecule has 6 nitrogen and oxygen atoms in total. The molecule has 0 unspecified atom stereocenters. The number of carbonyl (C=O) groups excluding carboxylic acids is 2. The van der Waals surface area contributed by atoms with E-state index in [0.29, 0.717) is 16.4 Å². The summed E-state index contributed by atoms with van der Waals surface area (Å²) >= 11 is 1.32. The number of rotatable bonds is 7. The van der Waals surface area contributed by atoms with Crippen LogP contribution < -0.4 is 15.4 Å². The maximum Gasteiger partial charge on any atom is 0.416 e. The summed E-state index contributed by atoms with van der Waals surface area (Å²) in [6, 6.07) is 13.4. The number of hydrogen-bond acceptors (Lipinski definition) is 5. The quantitative estimate of drug-likeness (QED) is 0.221. The number of halogens is 4. The van der Waals surface area contributed by atoms with Crippen LogP contribution in [0.3, 0.4) is 0 Å². The second kappa shape index (κ2) is 11.6. The van der Waals surface area contributed by atoms with Gasteiger partial charge in [0, 0.05) is 18.1 Å². The van der Waals surface area contributed by atoms with Crippen LogP contribution in [0.1, 0.15) is 43.2 Å². The molecular formula is C29H25F4N3O3S. The predicted octanol–water partition coefficient (Wildman–Crippen LogP) is 7.95. The van der Waals surface area contributed by atoms with Crippen LogP contribution in [-0.4, -0.2) is 16.8 Å². The van der Waals surface area contributed by atoms with Crippen molar-refractivity contribution >= 4 is 44.2 Å². The third kappa shape index (κ3) is 6.77. The third-order valence-corrected chi connectivity index (χ3v) is 7.57. The van der Waals surface area contributed by atoms with Crippen LogP contribution in [0.5, 0.6) is 11.5 Å². The number of alkyl halides is 3. The molecule has 1 saturated carbocycles. The van der Waals surface area contributed by atoms with E-state index < -0.39 is 23.5 Å². The molecule has 2 N–H and O–H groups in total. The number of nitrogens with one attached hydrogen (secondary N) is 2. The molecule has 0 spiro atoms. The second-order valence-corrected chi connectivity index (χ2v) is 10.7. The lowest BCUT2D eigenvalue weighted by atomic mass is 9.89. The molecule has 11 heteroatoms. The first-order valence-electron chi connectivity index (χ1n) is 12.8. The highest BCUT2D eigenvalue weighted by Gasteiger charge is 2.30. The minimum absolute atomic E-state index is 0.0100. The summed E-state index contributed by atoms with van der Waals surface area (Å²) in [5.74, 6) is -0.716. The molecule has 1 aliphatic carbocycles. The molecule has 3 aromatic carbocycles. The summed E-state index contributed by atoms with van der Waals surface area (Å²) in [5.41, 5.74) is -0.192. The molecule has 40 heavy (non-hydrogen) atoms. The van der Waals surface area contributed by atoms with E-state index in [-0.39, 0.29) is 35.2 Å². The highest BCUT2D eigenvalue weighted by molar-refractivity contribution is 7.22. The average Bonchev–Trinajstić information content (AvgIpc) is 3.32. The zero-order valence-corrected chi connectivity index (χ0v) is 22.0. The van der Waals surface area contributed by atoms with Crippen molar-refractivity contribution < 1.29 is 31.9 Å². The first-order chi connectivity index (χ1) is 19.1. The Morgan fingerprint density at radius 3 is 2.48 bits per heavy atom. The van der Waals surface area contributed by atoms with Crippen molar-refractivity contribution in [1.82, 2.24) is 4.98 Å². The van der Waals surface area contributed by atoms with Gasteiger partial charge in [0.15, 0.2) is 5.13 Å². The number of anilines is 2. The Balaban J connectivity index is 1.24. The maximum absolute atomic E-state index is 14.4. The zero-order chi connectivity index (χ0) is 28.3. The number of nitrogens with zero attached hydrogens (tertiary/aromatic N) is 1. The van der Waals surface area contributed by atoms with Crippen LogP contribution in [-0.2, 0) is 22.2 Å². The summed E-state index contributed by atoms with van der Waals surface area (Å²) in [4.78, 5) is 29.5. The fourth-order valence-corrected chi connectivity index (χ4v) is 5.53. The van der Waals surface area contributed by atoms with Gasteiger partial charge in [-0.3, -0.25) is 9.59 Å². The molecule has 0 saturated heterocycles. The number of carbonyl (C=O) groups is 2. The molecule has 0 radical (unpaired) electrons. The molecule has 0 atom stereocenters. The van der Waals surface area contributed by atoms with Crippen LogP contribution in [0.2, 0.25) is 0 Å². The van der Waals surface area contributed by atoms with Gasteiger partial charge in [-0.2, -0.15) is 13.2 Å². The third-order valence-electron chi connectivity index (χ3n) is 6.63. The second-order valence-electron chi connectivity index (χ2n) is 9.64. The SMILES string of the molecule is O=C(Cc1cccc(C(F)(F)F)c1)Nc1cc(Oc2ccc3nc(NC(=O)C4CCCCC4)sc3c2)ccc1F. The Hall–Kier alpha value is -3.99. The molecule has 1 aliphatic rings. The van der Waals surface area contributed by atoms with E-state index in [9.17, 15) is 27.2 Å². The molecule has 1 fully saturated rings. The van der Waals surface area contributed by atoms with Gasteiger partial charge in [-0.05, 0) is 48.7 Å². The largest absolute Gasteiger partial charge is 0.457 e. The van der Waals surface area contributed by atoms with Crippen LogP contribution in [0.15, 0.2) is 60.7 Å². The summed E-state index contributed by atoms with van der Waals surface area (Å²) in [6.07, 6.45) is 0.162. The summed E-state index contributed by atoms with van der Waals surface area (Å²) < 4.78 is 59.9. The van der Waals surface area contributed by atoms with Gasteiger partial charge in [0.05, 0.1) is 27.9 Å². The molecule has 208 valence electrons. The van der Waals surface area contributed by atoms with Crippen LogP contribution in [0.25, 0.3) is 10.2 Å². The van der Waals surface area contributed by atoms with E-state index in [1.54, 1.807) is 18.2 Å². The zero-order valence-electron chi connectivity index (χ0n) is 21.2. The van der Waals surface area contributed by atoms with Gasteiger partial charge >= 0.3 is 6.18 Å². The van der Waals surface area contributed by atoms with Crippen molar-refractivity contribution in [2.45, 2.75) is 44.7 Å². The normalized spacial score (nSPS) is 14.2. The Labute approximate surface area is 231 Å². The number of thiazole rings is 1.